The lowest BCUT2D eigenvalue weighted by atomic mass is 10.1. The Bertz CT molecular complexity index is 598. The number of aliphatic hydroxyl groups is 1. The Labute approximate surface area is 131 Å². The molecular formula is C18H23FN2O. The highest BCUT2D eigenvalue weighted by Gasteiger charge is 2.11. The molecule has 3 nitrogen and oxygen atoms in total. The molecule has 0 saturated carbocycles. The largest absolute Gasteiger partial charge is 0.387 e. The van der Waals surface area contributed by atoms with Crippen molar-refractivity contribution in [1.82, 2.24) is 4.90 Å². The summed E-state index contributed by atoms with van der Waals surface area (Å²) in [6, 6.07) is 14.3. The Hall–Kier alpha value is -1.91. The van der Waals surface area contributed by atoms with Crippen LogP contribution in [0.2, 0.25) is 0 Å². The number of rotatable bonds is 6. The lowest BCUT2D eigenvalue weighted by Crippen LogP contribution is -2.24. The third-order valence-corrected chi connectivity index (χ3v) is 3.62. The van der Waals surface area contributed by atoms with E-state index in [-0.39, 0.29) is 5.82 Å². The number of benzene rings is 2. The van der Waals surface area contributed by atoms with E-state index < -0.39 is 6.10 Å². The van der Waals surface area contributed by atoms with E-state index in [1.165, 1.54) is 17.7 Å². The molecule has 1 atom stereocenters. The highest BCUT2D eigenvalue weighted by molar-refractivity contribution is 5.47. The van der Waals surface area contributed by atoms with Crippen LogP contribution in [-0.2, 0) is 6.54 Å². The van der Waals surface area contributed by atoms with Crippen molar-refractivity contribution in [3.63, 3.8) is 0 Å². The SMILES string of the molecule is CN(Cc1cccc(N(C)C)c1)CC(O)c1ccc(F)cc1. The Morgan fingerprint density at radius 2 is 1.73 bits per heavy atom. The fraction of sp³-hybridized carbons (Fsp3) is 0.333. The van der Waals surface area contributed by atoms with E-state index in [4.69, 9.17) is 0 Å². The van der Waals surface area contributed by atoms with Crippen LogP contribution in [0.4, 0.5) is 10.1 Å². The maximum Gasteiger partial charge on any atom is 0.123 e. The van der Waals surface area contributed by atoms with Crippen LogP contribution in [0.5, 0.6) is 0 Å². The first kappa shape index (κ1) is 16.5. The van der Waals surface area contributed by atoms with Gasteiger partial charge in [-0.3, -0.25) is 4.90 Å². The highest BCUT2D eigenvalue weighted by Crippen LogP contribution is 2.17. The van der Waals surface area contributed by atoms with Gasteiger partial charge in [0.2, 0.25) is 0 Å². The van der Waals surface area contributed by atoms with Gasteiger partial charge >= 0.3 is 0 Å². The fourth-order valence-electron chi connectivity index (χ4n) is 2.39. The van der Waals surface area contributed by atoms with E-state index in [9.17, 15) is 9.50 Å². The molecule has 1 N–H and O–H groups in total. The summed E-state index contributed by atoms with van der Waals surface area (Å²) < 4.78 is 12.9. The van der Waals surface area contributed by atoms with Gasteiger partial charge in [-0.05, 0) is 42.4 Å². The van der Waals surface area contributed by atoms with E-state index in [0.717, 1.165) is 17.8 Å². The van der Waals surface area contributed by atoms with Gasteiger partial charge in [0.25, 0.3) is 0 Å². The summed E-state index contributed by atoms with van der Waals surface area (Å²) in [6.45, 7) is 1.25. The van der Waals surface area contributed by atoms with Gasteiger partial charge in [-0.25, -0.2) is 4.39 Å². The minimum Gasteiger partial charge on any atom is -0.387 e. The molecule has 0 aromatic heterocycles. The third kappa shape index (κ3) is 4.55. The number of likely N-dealkylation sites (N-methyl/N-ethyl adjacent to an activating group) is 1. The molecule has 0 aliphatic carbocycles. The van der Waals surface area contributed by atoms with Crippen LogP contribution in [0.1, 0.15) is 17.2 Å². The normalized spacial score (nSPS) is 12.5. The average molecular weight is 302 g/mol. The topological polar surface area (TPSA) is 26.7 Å². The second kappa shape index (κ2) is 7.38. The predicted molar refractivity (Wildman–Crippen MR) is 88.5 cm³/mol. The molecule has 2 aromatic carbocycles. The molecule has 0 aliphatic heterocycles. The number of halogens is 1. The summed E-state index contributed by atoms with van der Waals surface area (Å²) in [7, 11) is 6.00. The molecule has 0 bridgehead atoms. The summed E-state index contributed by atoms with van der Waals surface area (Å²) in [6.07, 6.45) is -0.623. The van der Waals surface area contributed by atoms with Crippen molar-refractivity contribution in [3.05, 3.63) is 65.5 Å². The maximum atomic E-state index is 12.9. The molecule has 0 aliphatic rings. The van der Waals surface area contributed by atoms with Crippen molar-refractivity contribution in [2.75, 3.05) is 32.6 Å². The quantitative estimate of drug-likeness (QED) is 0.888. The Morgan fingerprint density at radius 1 is 1.05 bits per heavy atom. The molecule has 0 heterocycles. The van der Waals surface area contributed by atoms with Gasteiger partial charge in [0.05, 0.1) is 6.10 Å². The molecule has 1 unspecified atom stereocenters. The molecule has 0 spiro atoms. The zero-order valence-corrected chi connectivity index (χ0v) is 13.3. The molecule has 0 radical (unpaired) electrons. The third-order valence-electron chi connectivity index (χ3n) is 3.62. The van der Waals surface area contributed by atoms with Crippen LogP contribution < -0.4 is 4.90 Å². The number of nitrogens with zero attached hydrogens (tertiary/aromatic N) is 2. The number of hydrogen-bond acceptors (Lipinski definition) is 3. The van der Waals surface area contributed by atoms with Gasteiger partial charge in [0.15, 0.2) is 0 Å². The van der Waals surface area contributed by atoms with Gasteiger partial charge in [-0.15, -0.1) is 0 Å². The van der Waals surface area contributed by atoms with Crippen molar-refractivity contribution in [3.8, 4) is 0 Å². The molecule has 0 amide bonds. The van der Waals surface area contributed by atoms with Crippen molar-refractivity contribution in [2.45, 2.75) is 12.6 Å². The van der Waals surface area contributed by atoms with Crippen LogP contribution in [0, 0.1) is 5.82 Å². The molecule has 118 valence electrons. The van der Waals surface area contributed by atoms with Crippen molar-refractivity contribution < 1.29 is 9.50 Å². The van der Waals surface area contributed by atoms with E-state index in [1.54, 1.807) is 12.1 Å². The number of anilines is 1. The first-order valence-corrected chi connectivity index (χ1v) is 7.34. The van der Waals surface area contributed by atoms with E-state index in [0.29, 0.717) is 6.54 Å². The van der Waals surface area contributed by atoms with Crippen LogP contribution in [0.15, 0.2) is 48.5 Å². The Morgan fingerprint density at radius 3 is 2.36 bits per heavy atom. The summed E-state index contributed by atoms with van der Waals surface area (Å²) in [4.78, 5) is 4.12. The molecule has 4 heteroatoms. The molecule has 22 heavy (non-hydrogen) atoms. The molecule has 0 saturated heterocycles. The molecule has 2 rings (SSSR count). The van der Waals surface area contributed by atoms with Crippen LogP contribution in [0.3, 0.4) is 0 Å². The summed E-state index contributed by atoms with van der Waals surface area (Å²) in [5.41, 5.74) is 3.08. The second-order valence-electron chi connectivity index (χ2n) is 5.83. The standard InChI is InChI=1S/C18H23FN2O/c1-20(2)17-6-4-5-14(11-17)12-21(3)13-18(22)15-7-9-16(19)10-8-15/h4-11,18,22H,12-13H2,1-3H3. The molecule has 0 fully saturated rings. The van der Waals surface area contributed by atoms with Gasteiger partial charge in [-0.1, -0.05) is 24.3 Å². The summed E-state index contributed by atoms with van der Waals surface area (Å²) in [5.74, 6) is -0.287. The summed E-state index contributed by atoms with van der Waals surface area (Å²) >= 11 is 0. The number of hydrogen-bond donors (Lipinski definition) is 1. The maximum absolute atomic E-state index is 12.9. The smallest absolute Gasteiger partial charge is 0.123 e. The first-order chi connectivity index (χ1) is 10.5. The lowest BCUT2D eigenvalue weighted by Gasteiger charge is -2.22. The summed E-state index contributed by atoms with van der Waals surface area (Å²) in [5, 5.41) is 10.2. The van der Waals surface area contributed by atoms with E-state index in [2.05, 4.69) is 28.0 Å². The van der Waals surface area contributed by atoms with Gasteiger partial charge in [-0.2, -0.15) is 0 Å². The minimum atomic E-state index is -0.623. The van der Waals surface area contributed by atoms with E-state index in [1.807, 2.05) is 27.2 Å². The van der Waals surface area contributed by atoms with Gasteiger partial charge in [0.1, 0.15) is 5.82 Å². The fourth-order valence-corrected chi connectivity index (χ4v) is 2.39. The minimum absolute atomic E-state index is 0.287. The van der Waals surface area contributed by atoms with Crippen LogP contribution >= 0.6 is 0 Å². The first-order valence-electron chi connectivity index (χ1n) is 7.34. The lowest BCUT2D eigenvalue weighted by molar-refractivity contribution is 0.124. The Balaban J connectivity index is 1.96. The van der Waals surface area contributed by atoms with Crippen molar-refractivity contribution in [1.29, 1.82) is 0 Å². The average Bonchev–Trinajstić information content (AvgIpc) is 2.47. The molecule has 2 aromatic rings. The molecular weight excluding hydrogens is 279 g/mol. The predicted octanol–water partition coefficient (Wildman–Crippen LogP) is 3.06. The van der Waals surface area contributed by atoms with Gasteiger partial charge < -0.3 is 10.0 Å². The zero-order valence-electron chi connectivity index (χ0n) is 13.3. The van der Waals surface area contributed by atoms with Crippen molar-refractivity contribution >= 4 is 5.69 Å². The van der Waals surface area contributed by atoms with Crippen LogP contribution in [-0.4, -0.2) is 37.7 Å². The Kier molecular flexibility index (Phi) is 5.52. The highest BCUT2D eigenvalue weighted by atomic mass is 19.1. The zero-order chi connectivity index (χ0) is 16.1. The monoisotopic (exact) mass is 302 g/mol. The second-order valence-corrected chi connectivity index (χ2v) is 5.83. The van der Waals surface area contributed by atoms with Gasteiger partial charge in [0, 0.05) is 32.9 Å². The number of aliphatic hydroxyl groups excluding tert-OH is 1. The van der Waals surface area contributed by atoms with Crippen LogP contribution in [0.25, 0.3) is 0 Å². The van der Waals surface area contributed by atoms with Crippen molar-refractivity contribution in [2.24, 2.45) is 0 Å². The van der Waals surface area contributed by atoms with E-state index >= 15 is 0 Å².